The standard InChI is InChI=1S/C16H21NO2S/c1-4-12(17)16(15-10-9-11(2)20-15)19-14-8-6-5-7-13(14)18-3/h5-10,12,16H,4,17H2,1-3H3. The van der Waals surface area contributed by atoms with Crippen LogP contribution in [0.2, 0.25) is 0 Å². The molecule has 2 atom stereocenters. The van der Waals surface area contributed by atoms with Crippen molar-refractivity contribution >= 4 is 11.3 Å². The minimum atomic E-state index is -0.144. The normalized spacial score (nSPS) is 13.8. The van der Waals surface area contributed by atoms with Gasteiger partial charge in [-0.05, 0) is 37.6 Å². The number of benzene rings is 1. The predicted octanol–water partition coefficient (Wildman–Crippen LogP) is 3.92. The molecule has 3 nitrogen and oxygen atoms in total. The van der Waals surface area contributed by atoms with Crippen LogP contribution >= 0.6 is 11.3 Å². The molecular weight excluding hydrogens is 270 g/mol. The van der Waals surface area contributed by atoms with Crippen LogP contribution in [-0.4, -0.2) is 13.2 Å². The van der Waals surface area contributed by atoms with E-state index in [-0.39, 0.29) is 12.1 Å². The van der Waals surface area contributed by atoms with Gasteiger partial charge in [0.2, 0.25) is 0 Å². The molecule has 0 aliphatic rings. The molecule has 0 aliphatic carbocycles. The first-order chi connectivity index (χ1) is 9.65. The van der Waals surface area contributed by atoms with Crippen LogP contribution in [0.3, 0.4) is 0 Å². The summed E-state index contributed by atoms with van der Waals surface area (Å²) in [6, 6.07) is 11.8. The van der Waals surface area contributed by atoms with E-state index in [4.69, 9.17) is 15.2 Å². The van der Waals surface area contributed by atoms with Crippen molar-refractivity contribution in [2.75, 3.05) is 7.11 Å². The molecule has 20 heavy (non-hydrogen) atoms. The van der Waals surface area contributed by atoms with Gasteiger partial charge in [0.15, 0.2) is 11.5 Å². The van der Waals surface area contributed by atoms with Crippen molar-refractivity contribution in [1.82, 2.24) is 0 Å². The van der Waals surface area contributed by atoms with E-state index in [2.05, 4.69) is 26.0 Å². The van der Waals surface area contributed by atoms with Crippen LogP contribution < -0.4 is 15.2 Å². The van der Waals surface area contributed by atoms with Crippen LogP contribution in [-0.2, 0) is 0 Å². The summed E-state index contributed by atoms with van der Waals surface area (Å²) in [7, 11) is 1.65. The van der Waals surface area contributed by atoms with Crippen molar-refractivity contribution in [3.05, 3.63) is 46.2 Å². The Morgan fingerprint density at radius 3 is 2.40 bits per heavy atom. The second-order valence-electron chi connectivity index (χ2n) is 4.71. The maximum Gasteiger partial charge on any atom is 0.162 e. The summed E-state index contributed by atoms with van der Waals surface area (Å²) >= 11 is 1.73. The zero-order chi connectivity index (χ0) is 14.5. The van der Waals surface area contributed by atoms with E-state index < -0.39 is 0 Å². The molecule has 2 aromatic rings. The van der Waals surface area contributed by atoms with Crippen LogP contribution in [0.25, 0.3) is 0 Å². The molecule has 0 radical (unpaired) electrons. The summed E-state index contributed by atoms with van der Waals surface area (Å²) in [5.74, 6) is 1.46. The third-order valence-corrected chi connectivity index (χ3v) is 4.29. The summed E-state index contributed by atoms with van der Waals surface area (Å²) in [5.41, 5.74) is 6.24. The number of ether oxygens (including phenoxy) is 2. The molecule has 2 unspecified atom stereocenters. The third-order valence-electron chi connectivity index (χ3n) is 3.22. The first-order valence-electron chi connectivity index (χ1n) is 6.77. The number of aryl methyl sites for hydroxylation is 1. The highest BCUT2D eigenvalue weighted by molar-refractivity contribution is 7.12. The molecule has 2 N–H and O–H groups in total. The number of hydrogen-bond donors (Lipinski definition) is 1. The Bertz CT molecular complexity index is 553. The Morgan fingerprint density at radius 1 is 1.15 bits per heavy atom. The van der Waals surface area contributed by atoms with Gasteiger partial charge in [0.05, 0.1) is 7.11 Å². The number of hydrogen-bond acceptors (Lipinski definition) is 4. The number of nitrogens with two attached hydrogens (primary N) is 1. The predicted molar refractivity (Wildman–Crippen MR) is 83.7 cm³/mol. The molecule has 0 saturated carbocycles. The van der Waals surface area contributed by atoms with Crippen LogP contribution in [0.4, 0.5) is 0 Å². The second-order valence-corrected chi connectivity index (χ2v) is 6.03. The van der Waals surface area contributed by atoms with Crippen LogP contribution in [0, 0.1) is 6.92 Å². The minimum Gasteiger partial charge on any atom is -0.493 e. The maximum atomic E-state index is 6.24. The van der Waals surface area contributed by atoms with Crippen molar-refractivity contribution in [2.24, 2.45) is 5.73 Å². The Balaban J connectivity index is 2.28. The fourth-order valence-electron chi connectivity index (χ4n) is 2.03. The third kappa shape index (κ3) is 3.32. The van der Waals surface area contributed by atoms with Crippen molar-refractivity contribution in [3.63, 3.8) is 0 Å². The lowest BCUT2D eigenvalue weighted by Gasteiger charge is -2.24. The monoisotopic (exact) mass is 291 g/mol. The lowest BCUT2D eigenvalue weighted by molar-refractivity contribution is 0.168. The summed E-state index contributed by atoms with van der Waals surface area (Å²) in [6.07, 6.45) is 0.714. The van der Waals surface area contributed by atoms with Crippen LogP contribution in [0.5, 0.6) is 11.5 Å². The number of rotatable bonds is 6. The largest absolute Gasteiger partial charge is 0.493 e. The van der Waals surface area contributed by atoms with Gasteiger partial charge in [-0.3, -0.25) is 0 Å². The number of thiophene rings is 1. The van der Waals surface area contributed by atoms with Gasteiger partial charge in [-0.1, -0.05) is 19.1 Å². The molecule has 1 aromatic heterocycles. The quantitative estimate of drug-likeness (QED) is 0.877. The molecule has 0 spiro atoms. The summed E-state index contributed by atoms with van der Waals surface area (Å²) in [5, 5.41) is 0. The first-order valence-corrected chi connectivity index (χ1v) is 7.59. The van der Waals surface area contributed by atoms with E-state index in [9.17, 15) is 0 Å². The van der Waals surface area contributed by atoms with Crippen molar-refractivity contribution < 1.29 is 9.47 Å². The zero-order valence-corrected chi connectivity index (χ0v) is 12.9. The first kappa shape index (κ1) is 14.9. The molecule has 0 fully saturated rings. The molecule has 0 saturated heterocycles. The average molecular weight is 291 g/mol. The van der Waals surface area contributed by atoms with E-state index in [0.29, 0.717) is 0 Å². The molecule has 4 heteroatoms. The topological polar surface area (TPSA) is 44.5 Å². The zero-order valence-electron chi connectivity index (χ0n) is 12.1. The van der Waals surface area contributed by atoms with Gasteiger partial charge < -0.3 is 15.2 Å². The minimum absolute atomic E-state index is 0.0436. The van der Waals surface area contributed by atoms with E-state index in [1.807, 2.05) is 24.3 Å². The van der Waals surface area contributed by atoms with Gasteiger partial charge in [0.1, 0.15) is 6.10 Å². The van der Waals surface area contributed by atoms with Crippen LogP contribution in [0.15, 0.2) is 36.4 Å². The van der Waals surface area contributed by atoms with E-state index in [0.717, 1.165) is 22.8 Å². The fourth-order valence-corrected chi connectivity index (χ4v) is 3.01. The maximum absolute atomic E-state index is 6.24. The molecule has 1 heterocycles. The summed E-state index contributed by atoms with van der Waals surface area (Å²) in [4.78, 5) is 2.42. The van der Waals surface area contributed by atoms with E-state index >= 15 is 0 Å². The van der Waals surface area contributed by atoms with Crippen LogP contribution in [0.1, 0.15) is 29.2 Å². The highest BCUT2D eigenvalue weighted by Crippen LogP contribution is 2.34. The van der Waals surface area contributed by atoms with Crippen molar-refractivity contribution in [1.29, 1.82) is 0 Å². The Morgan fingerprint density at radius 2 is 1.85 bits per heavy atom. The molecule has 108 valence electrons. The van der Waals surface area contributed by atoms with Gasteiger partial charge in [-0.25, -0.2) is 0 Å². The van der Waals surface area contributed by atoms with Gasteiger partial charge in [-0.2, -0.15) is 0 Å². The number of methoxy groups -OCH3 is 1. The summed E-state index contributed by atoms with van der Waals surface area (Å²) < 4.78 is 11.5. The van der Waals surface area contributed by atoms with Gasteiger partial charge in [-0.15, -0.1) is 11.3 Å². The molecule has 0 aliphatic heterocycles. The van der Waals surface area contributed by atoms with Crippen molar-refractivity contribution in [3.8, 4) is 11.5 Å². The van der Waals surface area contributed by atoms with Gasteiger partial charge >= 0.3 is 0 Å². The van der Waals surface area contributed by atoms with Crippen molar-refractivity contribution in [2.45, 2.75) is 32.4 Å². The lowest BCUT2D eigenvalue weighted by Crippen LogP contribution is -2.31. The SMILES string of the molecule is CCC(N)C(Oc1ccccc1OC)c1ccc(C)s1. The Labute approximate surface area is 124 Å². The highest BCUT2D eigenvalue weighted by atomic mass is 32.1. The van der Waals surface area contributed by atoms with Gasteiger partial charge in [0.25, 0.3) is 0 Å². The smallest absolute Gasteiger partial charge is 0.162 e. The molecule has 0 amide bonds. The van der Waals surface area contributed by atoms with E-state index in [1.54, 1.807) is 18.4 Å². The number of para-hydroxylation sites is 2. The Kier molecular flexibility index (Phi) is 5.04. The van der Waals surface area contributed by atoms with E-state index in [1.165, 1.54) is 4.88 Å². The molecular formula is C16H21NO2S. The second kappa shape index (κ2) is 6.77. The Hall–Kier alpha value is -1.52. The van der Waals surface area contributed by atoms with Gasteiger partial charge in [0, 0.05) is 15.8 Å². The summed E-state index contributed by atoms with van der Waals surface area (Å²) in [6.45, 7) is 4.16. The molecule has 1 aromatic carbocycles. The average Bonchev–Trinajstić information content (AvgIpc) is 2.90. The fraction of sp³-hybridized carbons (Fsp3) is 0.375. The molecule has 2 rings (SSSR count). The highest BCUT2D eigenvalue weighted by Gasteiger charge is 2.23. The lowest BCUT2D eigenvalue weighted by atomic mass is 10.1. The molecule has 0 bridgehead atoms.